The van der Waals surface area contributed by atoms with Crippen molar-refractivity contribution in [3.05, 3.63) is 35.9 Å². The Labute approximate surface area is 79.1 Å². The highest BCUT2D eigenvalue weighted by Gasteiger charge is 1.93. The van der Waals surface area contributed by atoms with Gasteiger partial charge in [0.15, 0.2) is 0 Å². The molecule has 0 bridgehead atoms. The number of rotatable bonds is 3. The first kappa shape index (κ1) is 11.4. The summed E-state index contributed by atoms with van der Waals surface area (Å²) in [5.41, 5.74) is 6.58. The molecule has 1 aromatic rings. The van der Waals surface area contributed by atoms with Crippen molar-refractivity contribution >= 4 is 12.4 Å². The lowest BCUT2D eigenvalue weighted by molar-refractivity contribution is 0.0577. The Morgan fingerprint density at radius 3 is 2.42 bits per heavy atom. The van der Waals surface area contributed by atoms with Gasteiger partial charge in [-0.2, -0.15) is 0 Å². The van der Waals surface area contributed by atoms with Gasteiger partial charge in [-0.05, 0) is 12.5 Å². The normalized spacial score (nSPS) is 11.8. The minimum atomic E-state index is -0.185. The molecular formula is C9H14ClNO. The summed E-state index contributed by atoms with van der Waals surface area (Å²) in [6, 6.07) is 9.99. The van der Waals surface area contributed by atoms with Gasteiger partial charge in [0.25, 0.3) is 0 Å². The molecule has 0 saturated heterocycles. The lowest BCUT2D eigenvalue weighted by Gasteiger charge is -2.06. The SMILES string of the molecule is CC(N)OCc1ccccc1.Cl. The molecular weight excluding hydrogens is 174 g/mol. The number of hydrogen-bond acceptors (Lipinski definition) is 2. The Bertz CT molecular complexity index is 201. The minimum absolute atomic E-state index is 0. The molecule has 0 radical (unpaired) electrons. The molecule has 0 spiro atoms. The van der Waals surface area contributed by atoms with Gasteiger partial charge in [0.2, 0.25) is 0 Å². The standard InChI is InChI=1S/C9H13NO.ClH/c1-8(10)11-7-9-5-3-2-4-6-9;/h2-6,8H,7,10H2,1H3;1H. The third-order valence-electron chi connectivity index (χ3n) is 1.36. The van der Waals surface area contributed by atoms with Crippen LogP contribution in [0.1, 0.15) is 12.5 Å². The molecule has 0 aliphatic heterocycles. The van der Waals surface area contributed by atoms with Crippen LogP contribution in [0.2, 0.25) is 0 Å². The lowest BCUT2D eigenvalue weighted by Crippen LogP contribution is -2.18. The maximum Gasteiger partial charge on any atom is 0.103 e. The molecule has 0 heterocycles. The molecule has 2 N–H and O–H groups in total. The predicted octanol–water partition coefficient (Wildman–Crippen LogP) is 1.93. The van der Waals surface area contributed by atoms with Crippen molar-refractivity contribution in [1.29, 1.82) is 0 Å². The van der Waals surface area contributed by atoms with Crippen LogP contribution in [0.4, 0.5) is 0 Å². The van der Waals surface area contributed by atoms with E-state index >= 15 is 0 Å². The third-order valence-corrected chi connectivity index (χ3v) is 1.36. The molecule has 1 atom stereocenters. The summed E-state index contributed by atoms with van der Waals surface area (Å²) in [5.74, 6) is 0. The molecule has 12 heavy (non-hydrogen) atoms. The van der Waals surface area contributed by atoms with Crippen LogP contribution in [0.25, 0.3) is 0 Å². The second kappa shape index (κ2) is 6.00. The average molecular weight is 188 g/mol. The number of halogens is 1. The van der Waals surface area contributed by atoms with Gasteiger partial charge >= 0.3 is 0 Å². The zero-order valence-electron chi connectivity index (χ0n) is 7.07. The molecule has 3 heteroatoms. The van der Waals surface area contributed by atoms with E-state index in [0.29, 0.717) is 6.61 Å². The quantitative estimate of drug-likeness (QED) is 0.734. The number of hydrogen-bond donors (Lipinski definition) is 1. The van der Waals surface area contributed by atoms with E-state index < -0.39 is 0 Å². The van der Waals surface area contributed by atoms with Crippen molar-refractivity contribution < 1.29 is 4.74 Å². The predicted molar refractivity (Wildman–Crippen MR) is 52.1 cm³/mol. The van der Waals surface area contributed by atoms with Gasteiger partial charge < -0.3 is 10.5 Å². The van der Waals surface area contributed by atoms with Crippen LogP contribution in [0.5, 0.6) is 0 Å². The minimum Gasteiger partial charge on any atom is -0.359 e. The van der Waals surface area contributed by atoms with Gasteiger partial charge in [0, 0.05) is 0 Å². The molecule has 0 aliphatic rings. The number of benzene rings is 1. The van der Waals surface area contributed by atoms with Crippen molar-refractivity contribution in [2.45, 2.75) is 19.8 Å². The smallest absolute Gasteiger partial charge is 0.103 e. The van der Waals surface area contributed by atoms with Crippen LogP contribution in [0.15, 0.2) is 30.3 Å². The third kappa shape index (κ3) is 4.34. The maximum atomic E-state index is 5.42. The first-order valence-corrected chi connectivity index (χ1v) is 3.70. The Kier molecular flexibility index (Phi) is 5.72. The fraction of sp³-hybridized carbons (Fsp3) is 0.333. The summed E-state index contributed by atoms with van der Waals surface area (Å²) in [4.78, 5) is 0. The zero-order valence-corrected chi connectivity index (χ0v) is 7.88. The van der Waals surface area contributed by atoms with Crippen LogP contribution >= 0.6 is 12.4 Å². The van der Waals surface area contributed by atoms with E-state index in [1.165, 1.54) is 0 Å². The van der Waals surface area contributed by atoms with E-state index in [-0.39, 0.29) is 18.6 Å². The summed E-state index contributed by atoms with van der Waals surface area (Å²) < 4.78 is 5.21. The van der Waals surface area contributed by atoms with Crippen LogP contribution in [-0.4, -0.2) is 6.23 Å². The maximum absolute atomic E-state index is 5.42. The molecule has 0 amide bonds. The van der Waals surface area contributed by atoms with Crippen LogP contribution in [0, 0.1) is 0 Å². The Hall–Kier alpha value is -0.570. The Morgan fingerprint density at radius 2 is 1.92 bits per heavy atom. The van der Waals surface area contributed by atoms with E-state index in [2.05, 4.69) is 0 Å². The second-order valence-corrected chi connectivity index (χ2v) is 2.50. The lowest BCUT2D eigenvalue weighted by atomic mass is 10.2. The second-order valence-electron chi connectivity index (χ2n) is 2.50. The number of nitrogens with two attached hydrogens (primary N) is 1. The molecule has 0 aromatic heterocycles. The van der Waals surface area contributed by atoms with Crippen molar-refractivity contribution in [1.82, 2.24) is 0 Å². The van der Waals surface area contributed by atoms with Gasteiger partial charge in [-0.1, -0.05) is 30.3 Å². The summed E-state index contributed by atoms with van der Waals surface area (Å²) in [6.07, 6.45) is -0.185. The molecule has 1 unspecified atom stereocenters. The Balaban J connectivity index is 0.00000121. The van der Waals surface area contributed by atoms with Crippen molar-refractivity contribution in [3.63, 3.8) is 0 Å². The topological polar surface area (TPSA) is 35.2 Å². The molecule has 1 rings (SSSR count). The first-order valence-electron chi connectivity index (χ1n) is 3.70. The van der Waals surface area contributed by atoms with E-state index in [1.807, 2.05) is 37.3 Å². The molecule has 1 aromatic carbocycles. The Morgan fingerprint density at radius 1 is 1.33 bits per heavy atom. The largest absolute Gasteiger partial charge is 0.359 e. The van der Waals surface area contributed by atoms with Gasteiger partial charge in [-0.25, -0.2) is 0 Å². The average Bonchev–Trinajstić information content (AvgIpc) is 2.03. The van der Waals surface area contributed by atoms with Crippen LogP contribution in [-0.2, 0) is 11.3 Å². The fourth-order valence-corrected chi connectivity index (χ4v) is 0.802. The van der Waals surface area contributed by atoms with E-state index in [1.54, 1.807) is 0 Å². The molecule has 0 fully saturated rings. The van der Waals surface area contributed by atoms with Gasteiger partial charge in [-0.3, -0.25) is 0 Å². The highest BCUT2D eigenvalue weighted by atomic mass is 35.5. The van der Waals surface area contributed by atoms with Crippen LogP contribution < -0.4 is 5.73 Å². The monoisotopic (exact) mass is 187 g/mol. The fourth-order valence-electron chi connectivity index (χ4n) is 0.802. The van der Waals surface area contributed by atoms with Gasteiger partial charge in [0.1, 0.15) is 6.23 Å². The molecule has 2 nitrogen and oxygen atoms in total. The first-order chi connectivity index (χ1) is 5.29. The summed E-state index contributed by atoms with van der Waals surface area (Å²) in [5, 5.41) is 0. The summed E-state index contributed by atoms with van der Waals surface area (Å²) >= 11 is 0. The zero-order chi connectivity index (χ0) is 8.10. The summed E-state index contributed by atoms with van der Waals surface area (Å²) in [7, 11) is 0. The van der Waals surface area contributed by atoms with Gasteiger partial charge in [0.05, 0.1) is 6.61 Å². The highest BCUT2D eigenvalue weighted by Crippen LogP contribution is 2.00. The molecule has 0 saturated carbocycles. The highest BCUT2D eigenvalue weighted by molar-refractivity contribution is 5.85. The molecule has 0 aliphatic carbocycles. The van der Waals surface area contributed by atoms with Crippen LogP contribution in [0.3, 0.4) is 0 Å². The van der Waals surface area contributed by atoms with E-state index in [9.17, 15) is 0 Å². The van der Waals surface area contributed by atoms with Gasteiger partial charge in [-0.15, -0.1) is 12.4 Å². The summed E-state index contributed by atoms with van der Waals surface area (Å²) in [6.45, 7) is 2.42. The van der Waals surface area contributed by atoms with E-state index in [4.69, 9.17) is 10.5 Å². The van der Waals surface area contributed by atoms with Crippen molar-refractivity contribution in [2.24, 2.45) is 5.73 Å². The molecule has 68 valence electrons. The number of ether oxygens (including phenoxy) is 1. The van der Waals surface area contributed by atoms with E-state index in [0.717, 1.165) is 5.56 Å². The van der Waals surface area contributed by atoms with Crippen molar-refractivity contribution in [2.75, 3.05) is 0 Å². The van der Waals surface area contributed by atoms with Crippen molar-refractivity contribution in [3.8, 4) is 0 Å².